The van der Waals surface area contributed by atoms with E-state index in [1.54, 1.807) is 0 Å². The number of imide groups is 1. The highest BCUT2D eigenvalue weighted by Gasteiger charge is 2.41. The van der Waals surface area contributed by atoms with Crippen molar-refractivity contribution < 1.29 is 18.0 Å². The van der Waals surface area contributed by atoms with Gasteiger partial charge in [-0.1, -0.05) is 0 Å². The van der Waals surface area contributed by atoms with E-state index in [9.17, 15) is 18.0 Å². The van der Waals surface area contributed by atoms with E-state index in [0.29, 0.717) is 26.1 Å². The van der Waals surface area contributed by atoms with Gasteiger partial charge in [-0.15, -0.1) is 0 Å². The second-order valence-electron chi connectivity index (χ2n) is 4.64. The molecule has 0 aliphatic carbocycles. The lowest BCUT2D eigenvalue weighted by molar-refractivity contribution is -0.136. The molecule has 2 aliphatic rings. The molecule has 1 unspecified atom stereocenters. The third-order valence-corrected chi connectivity index (χ3v) is 5.35. The lowest BCUT2D eigenvalue weighted by atomic mass is 10.2. The Morgan fingerprint density at radius 3 is 2.68 bits per heavy atom. The normalized spacial score (nSPS) is 27.9. The first-order valence-electron chi connectivity index (χ1n) is 6.24. The van der Waals surface area contributed by atoms with Gasteiger partial charge < -0.3 is 5.32 Å². The van der Waals surface area contributed by atoms with Crippen molar-refractivity contribution in [2.75, 3.05) is 32.7 Å². The average molecular weight is 290 g/mol. The zero-order chi connectivity index (χ0) is 14.0. The number of nitrogens with zero attached hydrogens (tertiary/aromatic N) is 2. The van der Waals surface area contributed by atoms with Crippen molar-refractivity contribution in [1.29, 1.82) is 0 Å². The van der Waals surface area contributed by atoms with Gasteiger partial charge in [-0.2, -0.15) is 17.0 Å². The molecule has 19 heavy (non-hydrogen) atoms. The van der Waals surface area contributed by atoms with Crippen LogP contribution in [0.4, 0.5) is 0 Å². The van der Waals surface area contributed by atoms with Gasteiger partial charge in [0.25, 0.3) is 10.2 Å². The Morgan fingerprint density at radius 1 is 1.21 bits per heavy atom. The number of rotatable bonds is 2. The van der Waals surface area contributed by atoms with Crippen LogP contribution in [0.15, 0.2) is 0 Å². The summed E-state index contributed by atoms with van der Waals surface area (Å²) in [6, 6.07) is -0.862. The summed E-state index contributed by atoms with van der Waals surface area (Å²) < 4.78 is 27.3. The van der Waals surface area contributed by atoms with Crippen LogP contribution in [0.25, 0.3) is 0 Å². The zero-order valence-corrected chi connectivity index (χ0v) is 11.6. The van der Waals surface area contributed by atoms with Crippen LogP contribution in [-0.2, 0) is 19.8 Å². The molecule has 0 aromatic rings. The van der Waals surface area contributed by atoms with E-state index < -0.39 is 28.1 Å². The summed E-state index contributed by atoms with van der Waals surface area (Å²) >= 11 is 0. The van der Waals surface area contributed by atoms with Crippen LogP contribution in [0.1, 0.15) is 13.3 Å². The summed E-state index contributed by atoms with van der Waals surface area (Å²) in [7, 11) is -3.78. The molecular weight excluding hydrogens is 272 g/mol. The molecule has 0 aromatic carbocycles. The van der Waals surface area contributed by atoms with Gasteiger partial charge in [0.05, 0.1) is 6.54 Å². The Bertz CT molecular complexity index is 470. The first-order chi connectivity index (χ1) is 8.93. The zero-order valence-electron chi connectivity index (χ0n) is 10.8. The molecule has 1 atom stereocenters. The number of hydrogen-bond donors (Lipinski definition) is 2. The van der Waals surface area contributed by atoms with E-state index in [4.69, 9.17) is 0 Å². The van der Waals surface area contributed by atoms with Gasteiger partial charge in [-0.25, -0.2) is 0 Å². The summed E-state index contributed by atoms with van der Waals surface area (Å²) in [4.78, 5) is 22.9. The average Bonchev–Trinajstić information content (AvgIpc) is 2.62. The van der Waals surface area contributed by atoms with Gasteiger partial charge in [0, 0.05) is 19.6 Å². The maximum Gasteiger partial charge on any atom is 0.283 e. The fraction of sp³-hybridized carbons (Fsp3) is 0.800. The molecule has 2 heterocycles. The topological polar surface area (TPSA) is 98.8 Å². The second kappa shape index (κ2) is 5.53. The molecule has 2 saturated heterocycles. The molecule has 2 aliphatic heterocycles. The minimum absolute atomic E-state index is 0.306. The molecule has 108 valence electrons. The van der Waals surface area contributed by atoms with E-state index in [1.165, 1.54) is 11.2 Å². The molecule has 2 amide bonds. The predicted molar refractivity (Wildman–Crippen MR) is 67.3 cm³/mol. The van der Waals surface area contributed by atoms with E-state index in [2.05, 4.69) is 10.6 Å². The maximum atomic E-state index is 12.5. The SMILES string of the molecule is CC1C(=O)NC(=O)CN1S(=O)(=O)N1CCCNCC1. The second-order valence-corrected chi connectivity index (χ2v) is 6.53. The first-order valence-corrected chi connectivity index (χ1v) is 7.64. The first kappa shape index (κ1) is 14.4. The standard InChI is InChI=1S/C10H18N4O4S/c1-8-10(16)12-9(15)7-14(8)19(17,18)13-5-2-3-11-4-6-13/h8,11H,2-7H2,1H3,(H,12,15,16). The Labute approximate surface area is 112 Å². The summed E-state index contributed by atoms with van der Waals surface area (Å²) in [6.07, 6.45) is 0.710. The van der Waals surface area contributed by atoms with Crippen LogP contribution >= 0.6 is 0 Å². The number of hydrogen-bond acceptors (Lipinski definition) is 5. The Morgan fingerprint density at radius 2 is 1.95 bits per heavy atom. The van der Waals surface area contributed by atoms with Crippen LogP contribution in [-0.4, -0.2) is 67.6 Å². The highest BCUT2D eigenvalue weighted by molar-refractivity contribution is 7.86. The number of piperazine rings is 1. The summed E-state index contributed by atoms with van der Waals surface area (Å²) in [5.74, 6) is -1.16. The van der Waals surface area contributed by atoms with Crippen molar-refractivity contribution >= 4 is 22.0 Å². The lowest BCUT2D eigenvalue weighted by Crippen LogP contribution is -2.61. The van der Waals surface area contributed by atoms with E-state index in [0.717, 1.165) is 10.8 Å². The molecule has 2 N–H and O–H groups in total. The minimum Gasteiger partial charge on any atom is -0.315 e. The summed E-state index contributed by atoms with van der Waals surface area (Å²) in [6.45, 7) is 3.26. The van der Waals surface area contributed by atoms with Gasteiger partial charge in [-0.05, 0) is 19.9 Å². The van der Waals surface area contributed by atoms with Crippen LogP contribution in [0.3, 0.4) is 0 Å². The van der Waals surface area contributed by atoms with Crippen molar-refractivity contribution in [1.82, 2.24) is 19.2 Å². The lowest BCUT2D eigenvalue weighted by Gasteiger charge is -2.34. The molecule has 9 heteroatoms. The number of carbonyl (C=O) groups excluding carboxylic acids is 2. The molecule has 2 rings (SSSR count). The Kier molecular flexibility index (Phi) is 4.19. The monoisotopic (exact) mass is 290 g/mol. The van der Waals surface area contributed by atoms with Gasteiger partial charge in [0.1, 0.15) is 6.04 Å². The van der Waals surface area contributed by atoms with E-state index >= 15 is 0 Å². The highest BCUT2D eigenvalue weighted by atomic mass is 32.2. The van der Waals surface area contributed by atoms with Gasteiger partial charge >= 0.3 is 0 Å². The molecule has 0 saturated carbocycles. The van der Waals surface area contributed by atoms with Crippen LogP contribution in [0.2, 0.25) is 0 Å². The van der Waals surface area contributed by atoms with Crippen molar-refractivity contribution in [2.24, 2.45) is 0 Å². The van der Waals surface area contributed by atoms with Gasteiger partial charge in [0.15, 0.2) is 0 Å². The Hall–Kier alpha value is -1.03. The van der Waals surface area contributed by atoms with Crippen LogP contribution in [0.5, 0.6) is 0 Å². The predicted octanol–water partition coefficient (Wildman–Crippen LogP) is -2.13. The van der Waals surface area contributed by atoms with Gasteiger partial charge in [-0.3, -0.25) is 14.9 Å². The number of nitrogens with one attached hydrogen (secondary N) is 2. The highest BCUT2D eigenvalue weighted by Crippen LogP contribution is 2.16. The van der Waals surface area contributed by atoms with Crippen molar-refractivity contribution in [3.63, 3.8) is 0 Å². The molecule has 2 fully saturated rings. The van der Waals surface area contributed by atoms with Crippen molar-refractivity contribution in [2.45, 2.75) is 19.4 Å². The van der Waals surface area contributed by atoms with Crippen LogP contribution in [0, 0.1) is 0 Å². The fourth-order valence-corrected chi connectivity index (χ4v) is 3.93. The van der Waals surface area contributed by atoms with Crippen molar-refractivity contribution in [3.05, 3.63) is 0 Å². The third kappa shape index (κ3) is 2.94. The van der Waals surface area contributed by atoms with E-state index in [1.807, 2.05) is 0 Å². The minimum atomic E-state index is -3.78. The fourth-order valence-electron chi connectivity index (χ4n) is 2.17. The third-order valence-electron chi connectivity index (χ3n) is 3.30. The molecule has 0 radical (unpaired) electrons. The molecule has 0 bridgehead atoms. The summed E-state index contributed by atoms with van der Waals surface area (Å²) in [5, 5.41) is 5.24. The molecule has 0 aromatic heterocycles. The molecular formula is C10H18N4O4S. The maximum absolute atomic E-state index is 12.5. The Balaban J connectivity index is 2.21. The number of carbonyl (C=O) groups is 2. The molecule has 0 spiro atoms. The summed E-state index contributed by atoms with van der Waals surface area (Å²) in [5.41, 5.74) is 0. The van der Waals surface area contributed by atoms with Crippen LogP contribution < -0.4 is 10.6 Å². The number of amides is 2. The van der Waals surface area contributed by atoms with Gasteiger partial charge in [0.2, 0.25) is 11.8 Å². The van der Waals surface area contributed by atoms with Crippen molar-refractivity contribution in [3.8, 4) is 0 Å². The smallest absolute Gasteiger partial charge is 0.283 e. The largest absolute Gasteiger partial charge is 0.315 e. The quantitative estimate of drug-likeness (QED) is 0.566. The molecule has 8 nitrogen and oxygen atoms in total. The van der Waals surface area contributed by atoms with E-state index in [-0.39, 0.29) is 6.54 Å².